The van der Waals surface area contributed by atoms with E-state index in [1.54, 1.807) is 0 Å². The van der Waals surface area contributed by atoms with E-state index in [9.17, 15) is 14.3 Å². The van der Waals surface area contributed by atoms with Gasteiger partial charge in [0.1, 0.15) is 11.6 Å². The maximum absolute atomic E-state index is 13.5. The van der Waals surface area contributed by atoms with E-state index >= 15 is 0 Å². The average Bonchev–Trinajstić information content (AvgIpc) is 2.75. The summed E-state index contributed by atoms with van der Waals surface area (Å²) in [6.45, 7) is 0.254. The third-order valence-electron chi connectivity index (χ3n) is 6.29. The van der Waals surface area contributed by atoms with Gasteiger partial charge in [0.15, 0.2) is 6.61 Å². The second-order valence-corrected chi connectivity index (χ2v) is 8.65. The molecule has 1 amide bonds. The highest BCUT2D eigenvalue weighted by Crippen LogP contribution is 2.49. The van der Waals surface area contributed by atoms with Crippen molar-refractivity contribution in [3.05, 3.63) is 64.9 Å². The lowest BCUT2D eigenvalue weighted by molar-refractivity contribution is -0.176. The zero-order valence-electron chi connectivity index (χ0n) is 16.6. The molecule has 5 nitrogen and oxygen atoms in total. The van der Waals surface area contributed by atoms with E-state index in [4.69, 9.17) is 21.1 Å². The molecular weight excluding hydrogens is 409 g/mol. The lowest BCUT2D eigenvalue weighted by atomic mass is 9.61. The first-order chi connectivity index (χ1) is 14.4. The van der Waals surface area contributed by atoms with Gasteiger partial charge in [-0.2, -0.15) is 0 Å². The summed E-state index contributed by atoms with van der Waals surface area (Å²) >= 11 is 5.65. The Morgan fingerprint density at radius 2 is 1.90 bits per heavy atom. The van der Waals surface area contributed by atoms with Gasteiger partial charge in [0.25, 0.3) is 5.91 Å². The SMILES string of the molecule is O=C(COc1ccc(Cl)c(F)c1)NC12CCC(OCc3ccccc3)(CC1)C[C@@H]2O. The van der Waals surface area contributed by atoms with Crippen molar-refractivity contribution in [1.82, 2.24) is 5.32 Å². The summed E-state index contributed by atoms with van der Waals surface area (Å²) in [4.78, 5) is 12.5. The molecule has 3 saturated carbocycles. The summed E-state index contributed by atoms with van der Waals surface area (Å²) < 4.78 is 25.1. The van der Waals surface area contributed by atoms with Gasteiger partial charge in [-0.15, -0.1) is 0 Å². The molecule has 0 saturated heterocycles. The summed E-state index contributed by atoms with van der Waals surface area (Å²) in [5, 5.41) is 13.8. The van der Waals surface area contributed by atoms with Gasteiger partial charge < -0.3 is 19.9 Å². The number of nitrogens with one attached hydrogen (secondary N) is 1. The number of carbonyl (C=O) groups is 1. The number of rotatable bonds is 7. The number of hydrogen-bond donors (Lipinski definition) is 2. The van der Waals surface area contributed by atoms with E-state index in [-0.39, 0.29) is 28.9 Å². The van der Waals surface area contributed by atoms with E-state index in [0.29, 0.717) is 25.9 Å². The first-order valence-corrected chi connectivity index (χ1v) is 10.5. The van der Waals surface area contributed by atoms with E-state index in [1.165, 1.54) is 12.1 Å². The highest BCUT2D eigenvalue weighted by atomic mass is 35.5. The fraction of sp³-hybridized carbons (Fsp3) is 0.435. The molecule has 30 heavy (non-hydrogen) atoms. The van der Waals surface area contributed by atoms with Crippen LogP contribution < -0.4 is 10.1 Å². The molecule has 2 aromatic rings. The van der Waals surface area contributed by atoms with Crippen molar-refractivity contribution in [1.29, 1.82) is 0 Å². The molecule has 2 aromatic carbocycles. The molecule has 3 aliphatic carbocycles. The van der Waals surface area contributed by atoms with E-state index in [2.05, 4.69) is 5.32 Å². The molecule has 2 bridgehead atoms. The molecular formula is C23H25ClFNO4. The topological polar surface area (TPSA) is 67.8 Å². The van der Waals surface area contributed by atoms with Crippen LogP contribution in [-0.4, -0.2) is 34.9 Å². The summed E-state index contributed by atoms with van der Waals surface area (Å²) in [5.74, 6) is -0.718. The Morgan fingerprint density at radius 3 is 2.57 bits per heavy atom. The molecule has 3 fully saturated rings. The normalized spacial score (nSPS) is 27.6. The van der Waals surface area contributed by atoms with Crippen LogP contribution in [-0.2, 0) is 16.1 Å². The summed E-state index contributed by atoms with van der Waals surface area (Å²) in [7, 11) is 0. The van der Waals surface area contributed by atoms with Gasteiger partial charge in [0.2, 0.25) is 0 Å². The molecule has 3 aliphatic rings. The quantitative estimate of drug-likeness (QED) is 0.692. The van der Waals surface area contributed by atoms with Gasteiger partial charge in [-0.1, -0.05) is 41.9 Å². The van der Waals surface area contributed by atoms with Crippen molar-refractivity contribution in [3.63, 3.8) is 0 Å². The van der Waals surface area contributed by atoms with Gasteiger partial charge in [-0.3, -0.25) is 4.79 Å². The Balaban J connectivity index is 1.31. The lowest BCUT2D eigenvalue weighted by Crippen LogP contribution is -2.67. The first kappa shape index (κ1) is 21.1. The molecule has 0 aliphatic heterocycles. The smallest absolute Gasteiger partial charge is 0.258 e. The van der Waals surface area contributed by atoms with E-state index < -0.39 is 17.5 Å². The molecule has 0 spiro atoms. The largest absolute Gasteiger partial charge is 0.484 e. The summed E-state index contributed by atoms with van der Waals surface area (Å²) in [5.41, 5.74) is 0.0932. The van der Waals surface area contributed by atoms with Gasteiger partial charge in [-0.25, -0.2) is 4.39 Å². The van der Waals surface area contributed by atoms with E-state index in [1.807, 2.05) is 30.3 Å². The fourth-order valence-corrected chi connectivity index (χ4v) is 4.61. The van der Waals surface area contributed by atoms with Crippen molar-refractivity contribution >= 4 is 17.5 Å². The van der Waals surface area contributed by atoms with Gasteiger partial charge in [0.05, 0.1) is 28.9 Å². The molecule has 0 aromatic heterocycles. The molecule has 2 N–H and O–H groups in total. The maximum Gasteiger partial charge on any atom is 0.258 e. The van der Waals surface area contributed by atoms with Crippen molar-refractivity contribution < 1.29 is 23.8 Å². The molecule has 1 atom stereocenters. The zero-order valence-corrected chi connectivity index (χ0v) is 17.3. The van der Waals surface area contributed by atoms with Crippen LogP contribution in [0.15, 0.2) is 48.5 Å². The van der Waals surface area contributed by atoms with Crippen molar-refractivity contribution in [2.24, 2.45) is 0 Å². The molecule has 0 unspecified atom stereocenters. The Morgan fingerprint density at radius 1 is 1.17 bits per heavy atom. The van der Waals surface area contributed by atoms with Gasteiger partial charge in [-0.05, 0) is 43.4 Å². The Labute approximate surface area is 180 Å². The second kappa shape index (κ2) is 8.53. The van der Waals surface area contributed by atoms with Crippen molar-refractivity contribution in [2.45, 2.75) is 56.0 Å². The first-order valence-electron chi connectivity index (χ1n) is 10.1. The van der Waals surface area contributed by atoms with Gasteiger partial charge in [0, 0.05) is 12.5 Å². The summed E-state index contributed by atoms with van der Waals surface area (Å²) in [6.07, 6.45) is 2.64. The highest BCUT2D eigenvalue weighted by molar-refractivity contribution is 6.30. The van der Waals surface area contributed by atoms with Crippen molar-refractivity contribution in [2.75, 3.05) is 6.61 Å². The van der Waals surface area contributed by atoms with Crippen LogP contribution in [0.4, 0.5) is 4.39 Å². The molecule has 160 valence electrons. The van der Waals surface area contributed by atoms with Crippen molar-refractivity contribution in [3.8, 4) is 5.75 Å². The maximum atomic E-state index is 13.5. The van der Waals surface area contributed by atoms with Crippen LogP contribution in [0.1, 0.15) is 37.7 Å². The number of halogens is 2. The van der Waals surface area contributed by atoms with Crippen LogP contribution in [0.5, 0.6) is 5.75 Å². The average molecular weight is 434 g/mol. The van der Waals surface area contributed by atoms with Crippen LogP contribution in [0.2, 0.25) is 5.02 Å². The van der Waals surface area contributed by atoms with Crippen LogP contribution in [0.25, 0.3) is 0 Å². The molecule has 0 heterocycles. The molecule has 7 heteroatoms. The molecule has 5 rings (SSSR count). The predicted molar refractivity (Wildman–Crippen MR) is 111 cm³/mol. The third kappa shape index (κ3) is 4.46. The van der Waals surface area contributed by atoms with E-state index in [0.717, 1.165) is 24.5 Å². The Hall–Kier alpha value is -2.15. The van der Waals surface area contributed by atoms with Crippen LogP contribution >= 0.6 is 11.6 Å². The minimum Gasteiger partial charge on any atom is -0.484 e. The number of hydrogen-bond acceptors (Lipinski definition) is 4. The zero-order chi connectivity index (χ0) is 21.2. The monoisotopic (exact) mass is 433 g/mol. The molecule has 0 radical (unpaired) electrons. The number of aliphatic hydroxyl groups is 1. The Kier molecular flexibility index (Phi) is 6.00. The third-order valence-corrected chi connectivity index (χ3v) is 6.60. The lowest BCUT2D eigenvalue weighted by Gasteiger charge is -2.55. The van der Waals surface area contributed by atoms with Crippen LogP contribution in [0.3, 0.4) is 0 Å². The number of amides is 1. The minimum absolute atomic E-state index is 0.00353. The standard InChI is InChI=1S/C23H25ClFNO4/c24-18-7-6-17(12-19(18)25)29-15-21(28)26-23-10-8-22(9-11-23,13-20(23)27)30-14-16-4-2-1-3-5-16/h1-7,12,20,27H,8-11,13-15H2,(H,26,28)/t20-,22?,23?/m0/s1. The number of ether oxygens (including phenoxy) is 2. The minimum atomic E-state index is -0.687. The number of aliphatic hydroxyl groups excluding tert-OH is 1. The Bertz CT molecular complexity index is 899. The summed E-state index contributed by atoms with van der Waals surface area (Å²) in [6, 6.07) is 14.0. The number of fused-ring (bicyclic) bond motifs is 3. The number of benzene rings is 2. The fourth-order valence-electron chi connectivity index (χ4n) is 4.49. The number of carbonyl (C=O) groups excluding carboxylic acids is 1. The van der Waals surface area contributed by atoms with Crippen LogP contribution in [0, 0.1) is 5.82 Å². The predicted octanol–water partition coefficient (Wildman–Crippen LogP) is 4.01. The van der Waals surface area contributed by atoms with Gasteiger partial charge >= 0.3 is 0 Å². The highest BCUT2D eigenvalue weighted by Gasteiger charge is 2.55. The second-order valence-electron chi connectivity index (χ2n) is 8.25.